The van der Waals surface area contributed by atoms with E-state index >= 15 is 0 Å². The standard InChI is InChI=1S/C20H32O.C2H6/c1-13-8-10-19(2)11-9-17-16-6-5-15(21)12-14(16)4-7-18(17)20(13,19)3;1-2/h13,15,17-18,21H,4-12H2,1-3H3;1-2H3/t13-,15?,17?,18?,19?,20?;/m1./s1. The molecule has 4 aliphatic carbocycles. The third kappa shape index (κ3) is 2.44. The molecule has 0 aromatic rings. The normalized spacial score (nSPS) is 48.8. The molecule has 4 rings (SSSR count). The molecule has 5 unspecified atom stereocenters. The van der Waals surface area contributed by atoms with Crippen LogP contribution in [0.2, 0.25) is 0 Å². The fourth-order valence-corrected chi connectivity index (χ4v) is 6.97. The first-order chi connectivity index (χ1) is 11.0. The summed E-state index contributed by atoms with van der Waals surface area (Å²) >= 11 is 0. The Bertz CT molecular complexity index is 478. The summed E-state index contributed by atoms with van der Waals surface area (Å²) in [7, 11) is 0. The fraction of sp³-hybridized carbons (Fsp3) is 0.909. The molecular formula is C22H38O. The molecular weight excluding hydrogens is 280 g/mol. The third-order valence-electron chi connectivity index (χ3n) is 8.60. The van der Waals surface area contributed by atoms with E-state index in [0.717, 1.165) is 30.6 Å². The molecule has 23 heavy (non-hydrogen) atoms. The van der Waals surface area contributed by atoms with Gasteiger partial charge in [-0.25, -0.2) is 0 Å². The second-order valence-electron chi connectivity index (χ2n) is 9.10. The molecule has 1 heteroatoms. The van der Waals surface area contributed by atoms with E-state index < -0.39 is 0 Å². The Morgan fingerprint density at radius 1 is 0.957 bits per heavy atom. The van der Waals surface area contributed by atoms with Crippen LogP contribution in [0.15, 0.2) is 11.1 Å². The lowest BCUT2D eigenvalue weighted by Gasteiger charge is -2.59. The minimum atomic E-state index is -0.0462. The van der Waals surface area contributed by atoms with Gasteiger partial charge in [0.25, 0.3) is 0 Å². The molecule has 6 atom stereocenters. The Morgan fingerprint density at radius 3 is 2.39 bits per heavy atom. The van der Waals surface area contributed by atoms with Crippen LogP contribution in [-0.4, -0.2) is 11.2 Å². The summed E-state index contributed by atoms with van der Waals surface area (Å²) in [6, 6.07) is 0. The Balaban J connectivity index is 0.000000753. The molecule has 1 nitrogen and oxygen atoms in total. The summed E-state index contributed by atoms with van der Waals surface area (Å²) in [5.41, 5.74) is 4.62. The smallest absolute Gasteiger partial charge is 0.0580 e. The van der Waals surface area contributed by atoms with Gasteiger partial charge in [0.2, 0.25) is 0 Å². The summed E-state index contributed by atoms with van der Waals surface area (Å²) in [4.78, 5) is 0. The summed E-state index contributed by atoms with van der Waals surface area (Å²) in [6.45, 7) is 11.8. The van der Waals surface area contributed by atoms with E-state index in [0.29, 0.717) is 10.8 Å². The number of rotatable bonds is 0. The molecule has 4 aliphatic rings. The van der Waals surface area contributed by atoms with Crippen molar-refractivity contribution >= 4 is 0 Å². The van der Waals surface area contributed by atoms with Crippen LogP contribution < -0.4 is 0 Å². The first kappa shape index (κ1) is 17.5. The quantitative estimate of drug-likeness (QED) is 0.534. The number of allylic oxidation sites excluding steroid dienone is 1. The predicted molar refractivity (Wildman–Crippen MR) is 98.3 cm³/mol. The average molecular weight is 319 g/mol. The molecule has 0 amide bonds. The van der Waals surface area contributed by atoms with Crippen LogP contribution in [0.1, 0.15) is 92.4 Å². The van der Waals surface area contributed by atoms with Crippen molar-refractivity contribution in [2.24, 2.45) is 28.6 Å². The van der Waals surface area contributed by atoms with Crippen LogP contribution in [0.5, 0.6) is 0 Å². The molecule has 0 radical (unpaired) electrons. The van der Waals surface area contributed by atoms with Gasteiger partial charge in [-0.15, -0.1) is 0 Å². The van der Waals surface area contributed by atoms with Gasteiger partial charge in [-0.2, -0.15) is 0 Å². The van der Waals surface area contributed by atoms with Crippen molar-refractivity contribution in [3.63, 3.8) is 0 Å². The molecule has 2 fully saturated rings. The van der Waals surface area contributed by atoms with Crippen LogP contribution >= 0.6 is 0 Å². The maximum absolute atomic E-state index is 9.99. The first-order valence-corrected chi connectivity index (χ1v) is 10.3. The number of aliphatic hydroxyl groups excluding tert-OH is 1. The molecule has 0 aliphatic heterocycles. The summed E-state index contributed by atoms with van der Waals surface area (Å²) in [5.74, 6) is 2.68. The van der Waals surface area contributed by atoms with Crippen LogP contribution in [0, 0.1) is 28.6 Å². The van der Waals surface area contributed by atoms with Gasteiger partial charge in [0, 0.05) is 0 Å². The van der Waals surface area contributed by atoms with Crippen molar-refractivity contribution < 1.29 is 5.11 Å². The van der Waals surface area contributed by atoms with Crippen molar-refractivity contribution in [2.45, 2.75) is 98.5 Å². The maximum atomic E-state index is 9.99. The lowest BCUT2D eigenvalue weighted by molar-refractivity contribution is -0.0704. The number of hydrogen-bond donors (Lipinski definition) is 1. The highest BCUT2D eigenvalue weighted by atomic mass is 16.3. The largest absolute Gasteiger partial charge is 0.393 e. The van der Waals surface area contributed by atoms with E-state index in [1.54, 1.807) is 11.1 Å². The fourth-order valence-electron chi connectivity index (χ4n) is 6.97. The van der Waals surface area contributed by atoms with Gasteiger partial charge >= 0.3 is 0 Å². The second-order valence-corrected chi connectivity index (χ2v) is 9.10. The van der Waals surface area contributed by atoms with Gasteiger partial charge in [0.1, 0.15) is 0 Å². The molecule has 0 aromatic heterocycles. The third-order valence-corrected chi connectivity index (χ3v) is 8.60. The van der Waals surface area contributed by atoms with Crippen molar-refractivity contribution in [3.05, 3.63) is 11.1 Å². The average Bonchev–Trinajstić information content (AvgIpc) is 2.80. The molecule has 0 saturated heterocycles. The first-order valence-electron chi connectivity index (χ1n) is 10.3. The van der Waals surface area contributed by atoms with E-state index in [9.17, 15) is 5.11 Å². The van der Waals surface area contributed by atoms with E-state index in [-0.39, 0.29) is 6.10 Å². The minimum absolute atomic E-state index is 0.0462. The SMILES string of the molecule is CC.C[C@@H]1CCC2(C)CCC3C4=C(CCC3C12C)CC(O)CC4. The summed E-state index contributed by atoms with van der Waals surface area (Å²) in [6.07, 6.45) is 11.6. The Kier molecular flexibility index (Phi) is 4.73. The summed E-state index contributed by atoms with van der Waals surface area (Å²) in [5, 5.41) is 9.99. The predicted octanol–water partition coefficient (Wildman–Crippen LogP) is 6.12. The van der Waals surface area contributed by atoms with Crippen molar-refractivity contribution in [2.75, 3.05) is 0 Å². The Morgan fingerprint density at radius 2 is 1.65 bits per heavy atom. The van der Waals surface area contributed by atoms with Gasteiger partial charge in [-0.1, -0.05) is 45.8 Å². The lowest BCUT2D eigenvalue weighted by atomic mass is 9.46. The van der Waals surface area contributed by atoms with Crippen LogP contribution in [0.4, 0.5) is 0 Å². The summed E-state index contributed by atoms with van der Waals surface area (Å²) < 4.78 is 0. The van der Waals surface area contributed by atoms with Crippen LogP contribution in [0.25, 0.3) is 0 Å². The zero-order valence-corrected chi connectivity index (χ0v) is 16.1. The zero-order valence-electron chi connectivity index (χ0n) is 16.1. The second kappa shape index (κ2) is 6.21. The molecule has 0 aromatic carbocycles. The molecule has 2 saturated carbocycles. The zero-order chi connectivity index (χ0) is 16.8. The Labute approximate surface area is 143 Å². The van der Waals surface area contributed by atoms with Crippen molar-refractivity contribution in [1.29, 1.82) is 0 Å². The number of fused-ring (bicyclic) bond motifs is 4. The van der Waals surface area contributed by atoms with Crippen molar-refractivity contribution in [3.8, 4) is 0 Å². The van der Waals surface area contributed by atoms with E-state index in [1.807, 2.05) is 13.8 Å². The molecule has 0 heterocycles. The molecule has 1 N–H and O–H groups in total. The van der Waals surface area contributed by atoms with E-state index in [2.05, 4.69) is 20.8 Å². The van der Waals surface area contributed by atoms with Gasteiger partial charge < -0.3 is 5.11 Å². The van der Waals surface area contributed by atoms with Crippen LogP contribution in [0.3, 0.4) is 0 Å². The van der Waals surface area contributed by atoms with Gasteiger partial charge in [-0.3, -0.25) is 0 Å². The molecule has 132 valence electrons. The topological polar surface area (TPSA) is 20.2 Å². The highest BCUT2D eigenvalue weighted by Crippen LogP contribution is 2.69. The number of hydrogen-bond acceptors (Lipinski definition) is 1. The van der Waals surface area contributed by atoms with Crippen LogP contribution in [-0.2, 0) is 0 Å². The van der Waals surface area contributed by atoms with Gasteiger partial charge in [0.05, 0.1) is 6.10 Å². The van der Waals surface area contributed by atoms with E-state index in [4.69, 9.17) is 0 Å². The number of aliphatic hydroxyl groups is 1. The lowest BCUT2D eigenvalue weighted by Crippen LogP contribution is -2.51. The highest BCUT2D eigenvalue weighted by molar-refractivity contribution is 5.28. The Hall–Kier alpha value is -0.300. The minimum Gasteiger partial charge on any atom is -0.393 e. The van der Waals surface area contributed by atoms with E-state index in [1.165, 1.54) is 44.9 Å². The molecule has 0 spiro atoms. The molecule has 0 bridgehead atoms. The monoisotopic (exact) mass is 318 g/mol. The van der Waals surface area contributed by atoms with Gasteiger partial charge in [-0.05, 0) is 86.4 Å². The van der Waals surface area contributed by atoms with Gasteiger partial charge in [0.15, 0.2) is 0 Å². The maximum Gasteiger partial charge on any atom is 0.0580 e. The highest BCUT2D eigenvalue weighted by Gasteiger charge is 2.61. The van der Waals surface area contributed by atoms with Crippen molar-refractivity contribution in [1.82, 2.24) is 0 Å².